The summed E-state index contributed by atoms with van der Waals surface area (Å²) in [7, 11) is 0. The van der Waals surface area contributed by atoms with Crippen LogP contribution < -0.4 is 10.6 Å². The van der Waals surface area contributed by atoms with Crippen molar-refractivity contribution in [2.75, 3.05) is 18.4 Å². The van der Waals surface area contributed by atoms with Crippen molar-refractivity contribution in [1.82, 2.24) is 10.2 Å². The monoisotopic (exact) mass is 397 g/mol. The van der Waals surface area contributed by atoms with Gasteiger partial charge in [0.25, 0.3) is 5.91 Å². The standard InChI is InChI=1S/C22H27N3O4/c1-5-25(6-2)22(29)24-19-9-7-16(8-10-19)15(4)23-20(26)17-11-14(3)12-18(13-17)21(27)28/h7-13,15H,5-6H2,1-4H3,(H,23,26)(H,24,29)(H,27,28). The van der Waals surface area contributed by atoms with Gasteiger partial charge in [0.15, 0.2) is 0 Å². The van der Waals surface area contributed by atoms with Gasteiger partial charge in [0.1, 0.15) is 0 Å². The van der Waals surface area contributed by atoms with Crippen LogP contribution in [0.25, 0.3) is 0 Å². The molecule has 2 aromatic carbocycles. The molecule has 2 rings (SSSR count). The second-order valence-corrected chi connectivity index (χ2v) is 6.81. The van der Waals surface area contributed by atoms with Crippen LogP contribution in [0.15, 0.2) is 42.5 Å². The number of hydrogen-bond donors (Lipinski definition) is 3. The van der Waals surface area contributed by atoms with Gasteiger partial charge in [-0.15, -0.1) is 0 Å². The van der Waals surface area contributed by atoms with Crippen molar-refractivity contribution >= 4 is 23.6 Å². The molecule has 0 aliphatic rings. The van der Waals surface area contributed by atoms with Gasteiger partial charge in [0.2, 0.25) is 0 Å². The van der Waals surface area contributed by atoms with Gasteiger partial charge in [0.05, 0.1) is 11.6 Å². The van der Waals surface area contributed by atoms with Gasteiger partial charge in [-0.2, -0.15) is 0 Å². The summed E-state index contributed by atoms with van der Waals surface area (Å²) in [5, 5.41) is 14.9. The molecule has 7 heteroatoms. The number of amides is 3. The number of nitrogens with one attached hydrogen (secondary N) is 2. The molecule has 0 radical (unpaired) electrons. The van der Waals surface area contributed by atoms with Crippen molar-refractivity contribution in [2.24, 2.45) is 0 Å². The summed E-state index contributed by atoms with van der Waals surface area (Å²) in [5.74, 6) is -1.42. The molecule has 0 fully saturated rings. The number of aryl methyl sites for hydroxylation is 1. The van der Waals surface area contributed by atoms with Crippen LogP contribution in [-0.2, 0) is 0 Å². The number of carboxylic acids is 1. The third kappa shape index (κ3) is 5.81. The highest BCUT2D eigenvalue weighted by molar-refractivity contribution is 5.98. The molecule has 2 aromatic rings. The Bertz CT molecular complexity index is 889. The summed E-state index contributed by atoms with van der Waals surface area (Å²) in [4.78, 5) is 37.5. The minimum atomic E-state index is -1.07. The molecule has 0 saturated carbocycles. The first-order valence-electron chi connectivity index (χ1n) is 9.56. The molecule has 3 N–H and O–H groups in total. The Labute approximate surface area is 170 Å². The largest absolute Gasteiger partial charge is 0.478 e. The van der Waals surface area contributed by atoms with Crippen molar-refractivity contribution in [3.05, 3.63) is 64.7 Å². The fraction of sp³-hybridized carbons (Fsp3) is 0.318. The lowest BCUT2D eigenvalue weighted by atomic mass is 10.0. The van der Waals surface area contributed by atoms with Crippen LogP contribution in [0.1, 0.15) is 58.7 Å². The zero-order valence-electron chi connectivity index (χ0n) is 17.2. The number of carbonyl (C=O) groups is 3. The highest BCUT2D eigenvalue weighted by Crippen LogP contribution is 2.18. The summed E-state index contributed by atoms with van der Waals surface area (Å²) in [6.45, 7) is 8.69. The number of anilines is 1. The Balaban J connectivity index is 2.05. The SMILES string of the molecule is CCN(CC)C(=O)Nc1ccc(C(C)NC(=O)c2cc(C)cc(C(=O)O)c2)cc1. The molecule has 0 saturated heterocycles. The van der Waals surface area contributed by atoms with E-state index in [0.29, 0.717) is 29.9 Å². The summed E-state index contributed by atoms with van der Waals surface area (Å²) >= 11 is 0. The van der Waals surface area contributed by atoms with Gasteiger partial charge < -0.3 is 20.6 Å². The molecule has 0 spiro atoms. The minimum Gasteiger partial charge on any atom is -0.478 e. The third-order valence-corrected chi connectivity index (χ3v) is 4.65. The predicted octanol–water partition coefficient (Wildman–Crippen LogP) is 4.06. The van der Waals surface area contributed by atoms with E-state index in [1.165, 1.54) is 12.1 Å². The molecule has 29 heavy (non-hydrogen) atoms. The maximum absolute atomic E-state index is 12.5. The summed E-state index contributed by atoms with van der Waals surface area (Å²) in [5.41, 5.74) is 2.63. The predicted molar refractivity (Wildman–Crippen MR) is 112 cm³/mol. The number of nitrogens with zero attached hydrogens (tertiary/aromatic N) is 1. The molecule has 7 nitrogen and oxygen atoms in total. The third-order valence-electron chi connectivity index (χ3n) is 4.65. The first kappa shape index (κ1) is 21.9. The first-order valence-corrected chi connectivity index (χ1v) is 9.56. The number of urea groups is 1. The molecular formula is C22H27N3O4. The van der Waals surface area contributed by atoms with Gasteiger partial charge in [-0.05, 0) is 69.2 Å². The lowest BCUT2D eigenvalue weighted by molar-refractivity contribution is 0.0696. The second kappa shape index (κ2) is 9.73. The molecule has 0 bridgehead atoms. The Kier molecular flexibility index (Phi) is 7.36. The van der Waals surface area contributed by atoms with Gasteiger partial charge in [0, 0.05) is 24.3 Å². The van der Waals surface area contributed by atoms with E-state index in [1.54, 1.807) is 30.0 Å². The molecule has 1 unspecified atom stereocenters. The number of benzene rings is 2. The highest BCUT2D eigenvalue weighted by atomic mass is 16.4. The minimum absolute atomic E-state index is 0.0797. The van der Waals surface area contributed by atoms with Gasteiger partial charge >= 0.3 is 12.0 Å². The topological polar surface area (TPSA) is 98.7 Å². The van der Waals surface area contributed by atoms with Crippen LogP contribution >= 0.6 is 0 Å². The molecule has 0 aliphatic heterocycles. The fourth-order valence-corrected chi connectivity index (χ4v) is 2.97. The molecule has 154 valence electrons. The number of carboxylic acid groups (broad SMARTS) is 1. The summed E-state index contributed by atoms with van der Waals surface area (Å²) in [6, 6.07) is 11.3. The average molecular weight is 397 g/mol. The van der Waals surface area contributed by atoms with Crippen molar-refractivity contribution < 1.29 is 19.5 Å². The van der Waals surface area contributed by atoms with Crippen molar-refractivity contribution in [2.45, 2.75) is 33.7 Å². The highest BCUT2D eigenvalue weighted by Gasteiger charge is 2.15. The smallest absolute Gasteiger partial charge is 0.335 e. The Morgan fingerprint density at radius 2 is 1.59 bits per heavy atom. The lowest BCUT2D eigenvalue weighted by Crippen LogP contribution is -2.34. The average Bonchev–Trinajstić information content (AvgIpc) is 2.68. The Hall–Kier alpha value is -3.35. The van der Waals surface area contributed by atoms with E-state index in [4.69, 9.17) is 5.11 Å². The molecule has 1 atom stereocenters. The van der Waals surface area contributed by atoms with Gasteiger partial charge in [-0.25, -0.2) is 9.59 Å². The number of hydrogen-bond acceptors (Lipinski definition) is 3. The fourth-order valence-electron chi connectivity index (χ4n) is 2.97. The molecular weight excluding hydrogens is 370 g/mol. The summed E-state index contributed by atoms with van der Waals surface area (Å²) < 4.78 is 0. The van der Waals surface area contributed by atoms with Gasteiger partial charge in [-0.1, -0.05) is 12.1 Å². The maximum atomic E-state index is 12.5. The van der Waals surface area contributed by atoms with E-state index in [-0.39, 0.29) is 23.5 Å². The molecule has 0 aromatic heterocycles. The van der Waals surface area contributed by atoms with E-state index in [0.717, 1.165) is 5.56 Å². The summed E-state index contributed by atoms with van der Waals surface area (Å²) in [6.07, 6.45) is 0. The van der Waals surface area contributed by atoms with Gasteiger partial charge in [-0.3, -0.25) is 4.79 Å². The Morgan fingerprint density at radius 1 is 1.00 bits per heavy atom. The normalized spacial score (nSPS) is 11.4. The number of rotatable bonds is 7. The van der Waals surface area contributed by atoms with E-state index >= 15 is 0 Å². The van der Waals surface area contributed by atoms with Crippen LogP contribution in [0.2, 0.25) is 0 Å². The van der Waals surface area contributed by atoms with E-state index in [2.05, 4.69) is 10.6 Å². The zero-order valence-corrected chi connectivity index (χ0v) is 17.2. The van der Waals surface area contributed by atoms with E-state index in [9.17, 15) is 14.4 Å². The van der Waals surface area contributed by atoms with Crippen molar-refractivity contribution in [3.8, 4) is 0 Å². The zero-order chi connectivity index (χ0) is 21.6. The van der Waals surface area contributed by atoms with E-state index in [1.807, 2.05) is 32.9 Å². The van der Waals surface area contributed by atoms with Crippen LogP contribution in [0, 0.1) is 6.92 Å². The van der Waals surface area contributed by atoms with Crippen LogP contribution in [0.3, 0.4) is 0 Å². The van der Waals surface area contributed by atoms with Crippen molar-refractivity contribution in [1.29, 1.82) is 0 Å². The van der Waals surface area contributed by atoms with Crippen molar-refractivity contribution in [3.63, 3.8) is 0 Å². The van der Waals surface area contributed by atoms with Crippen LogP contribution in [0.4, 0.5) is 10.5 Å². The molecule has 0 heterocycles. The lowest BCUT2D eigenvalue weighted by Gasteiger charge is -2.20. The van der Waals surface area contributed by atoms with E-state index < -0.39 is 5.97 Å². The first-order chi connectivity index (χ1) is 13.7. The molecule has 0 aliphatic carbocycles. The quantitative estimate of drug-likeness (QED) is 0.656. The number of aromatic carboxylic acids is 1. The van der Waals surface area contributed by atoms with Crippen LogP contribution in [-0.4, -0.2) is 41.0 Å². The molecule has 3 amide bonds. The maximum Gasteiger partial charge on any atom is 0.335 e. The second-order valence-electron chi connectivity index (χ2n) is 6.81. The van der Waals surface area contributed by atoms with Crippen LogP contribution in [0.5, 0.6) is 0 Å². The number of carbonyl (C=O) groups excluding carboxylic acids is 2. The Morgan fingerprint density at radius 3 is 2.14 bits per heavy atom.